The summed E-state index contributed by atoms with van der Waals surface area (Å²) in [4.78, 5) is 24.4. The topological polar surface area (TPSA) is 107 Å². The Bertz CT molecular complexity index is 661. The molecule has 0 aromatic carbocycles. The summed E-state index contributed by atoms with van der Waals surface area (Å²) in [5, 5.41) is 7.45. The van der Waals surface area contributed by atoms with Crippen LogP contribution >= 0.6 is 10.7 Å². The zero-order valence-corrected chi connectivity index (χ0v) is 12.6. The number of rotatable bonds is 4. The fourth-order valence-corrected chi connectivity index (χ4v) is 3.40. The van der Waals surface area contributed by atoms with Crippen LogP contribution in [0, 0.1) is 5.92 Å². The molecule has 1 atom stereocenters. The van der Waals surface area contributed by atoms with Crippen LogP contribution in [0.5, 0.6) is 0 Å². The summed E-state index contributed by atoms with van der Waals surface area (Å²) in [6, 6.07) is 2.84. The summed E-state index contributed by atoms with van der Waals surface area (Å²) in [7, 11) is 2.75. The number of hydrogen-bond acceptors (Lipinski definition) is 7. The minimum atomic E-state index is -3.66. The van der Waals surface area contributed by atoms with E-state index < -0.39 is 15.0 Å². The summed E-state index contributed by atoms with van der Waals surface area (Å²) in [6.45, 7) is 0.192. The Hall–Kier alpha value is -1.74. The minimum Gasteiger partial charge on any atom is -0.464 e. The molecule has 1 fully saturated rings. The van der Waals surface area contributed by atoms with Crippen molar-refractivity contribution >= 4 is 37.4 Å². The normalized spacial score (nSPS) is 18.9. The average molecular weight is 334 g/mol. The van der Waals surface area contributed by atoms with Gasteiger partial charge in [-0.05, 0) is 12.1 Å². The van der Waals surface area contributed by atoms with Gasteiger partial charge in [0.25, 0.3) is 0 Å². The number of ether oxygens (including phenoxy) is 1. The quantitative estimate of drug-likeness (QED) is 0.571. The van der Waals surface area contributed by atoms with Crippen LogP contribution in [0.2, 0.25) is 0 Å². The van der Waals surface area contributed by atoms with Crippen LogP contribution < -0.4 is 4.90 Å². The maximum absolute atomic E-state index is 11.9. The number of esters is 1. The predicted molar refractivity (Wildman–Crippen MR) is 73.5 cm³/mol. The van der Waals surface area contributed by atoms with E-state index in [1.165, 1.54) is 24.1 Å². The monoisotopic (exact) mass is 333 g/mol. The standard InChI is InChI=1S/C11H12ClN3O5S/c1-20-11(17)8-2-3-9(14-13-8)15-5-7(4-10(15)16)6-21(12,18)19/h2-3,7H,4-6H2,1H3. The molecule has 0 saturated carbocycles. The molecule has 2 rings (SSSR count). The van der Waals surface area contributed by atoms with Crippen LogP contribution in [-0.4, -0.2) is 49.9 Å². The van der Waals surface area contributed by atoms with Gasteiger partial charge in [0.2, 0.25) is 15.0 Å². The van der Waals surface area contributed by atoms with Gasteiger partial charge in [0.05, 0.1) is 12.9 Å². The highest BCUT2D eigenvalue weighted by atomic mass is 35.7. The third-order valence-electron chi connectivity index (χ3n) is 2.96. The summed E-state index contributed by atoms with van der Waals surface area (Å²) in [5.74, 6) is -1.30. The van der Waals surface area contributed by atoms with Crippen molar-refractivity contribution in [2.45, 2.75) is 6.42 Å². The molecule has 2 heterocycles. The van der Waals surface area contributed by atoms with Crippen molar-refractivity contribution in [1.29, 1.82) is 0 Å². The molecule has 1 aromatic heterocycles. The van der Waals surface area contributed by atoms with Crippen LogP contribution in [0.1, 0.15) is 16.9 Å². The molecule has 114 valence electrons. The van der Waals surface area contributed by atoms with Crippen LogP contribution in [-0.2, 0) is 18.6 Å². The smallest absolute Gasteiger partial charge is 0.358 e. The lowest BCUT2D eigenvalue weighted by atomic mass is 10.1. The molecule has 1 aliphatic rings. The van der Waals surface area contributed by atoms with E-state index in [4.69, 9.17) is 10.7 Å². The second-order valence-corrected chi connectivity index (χ2v) is 7.37. The first-order chi connectivity index (χ1) is 9.80. The zero-order valence-electron chi connectivity index (χ0n) is 11.0. The first-order valence-electron chi connectivity index (χ1n) is 5.95. The average Bonchev–Trinajstić information content (AvgIpc) is 2.76. The van der Waals surface area contributed by atoms with Crippen molar-refractivity contribution in [1.82, 2.24) is 10.2 Å². The number of aromatic nitrogens is 2. The Morgan fingerprint density at radius 3 is 2.71 bits per heavy atom. The first kappa shape index (κ1) is 15.6. The molecular weight excluding hydrogens is 322 g/mol. The van der Waals surface area contributed by atoms with Gasteiger partial charge in [-0.3, -0.25) is 9.69 Å². The molecule has 10 heteroatoms. The molecule has 1 amide bonds. The van der Waals surface area contributed by atoms with E-state index in [0.717, 1.165) is 0 Å². The van der Waals surface area contributed by atoms with Crippen LogP contribution in [0.25, 0.3) is 0 Å². The van der Waals surface area contributed by atoms with E-state index in [1.807, 2.05) is 0 Å². The van der Waals surface area contributed by atoms with Crippen molar-refractivity contribution < 1.29 is 22.7 Å². The number of methoxy groups -OCH3 is 1. The minimum absolute atomic E-state index is 0.0211. The summed E-state index contributed by atoms with van der Waals surface area (Å²) >= 11 is 0. The Morgan fingerprint density at radius 1 is 1.48 bits per heavy atom. The molecule has 0 bridgehead atoms. The Morgan fingerprint density at radius 2 is 2.19 bits per heavy atom. The number of halogens is 1. The first-order valence-corrected chi connectivity index (χ1v) is 8.43. The largest absolute Gasteiger partial charge is 0.464 e. The van der Waals surface area contributed by atoms with E-state index in [-0.39, 0.29) is 42.1 Å². The fourth-order valence-electron chi connectivity index (χ4n) is 2.08. The number of carbonyl (C=O) groups is 2. The van der Waals surface area contributed by atoms with Crippen LogP contribution in [0.15, 0.2) is 12.1 Å². The van der Waals surface area contributed by atoms with E-state index >= 15 is 0 Å². The van der Waals surface area contributed by atoms with Gasteiger partial charge in [-0.2, -0.15) is 0 Å². The number of nitrogens with zero attached hydrogens (tertiary/aromatic N) is 3. The van der Waals surface area contributed by atoms with Crippen molar-refractivity contribution in [2.75, 3.05) is 24.3 Å². The predicted octanol–water partition coefficient (Wildman–Crippen LogP) is 0.185. The molecule has 1 aromatic rings. The van der Waals surface area contributed by atoms with Gasteiger partial charge >= 0.3 is 5.97 Å². The second kappa shape index (κ2) is 5.94. The summed E-state index contributed by atoms with van der Waals surface area (Å²) < 4.78 is 26.6. The molecule has 0 N–H and O–H groups in total. The van der Waals surface area contributed by atoms with Crippen molar-refractivity contribution in [3.63, 3.8) is 0 Å². The molecular formula is C11H12ClN3O5S. The molecule has 1 unspecified atom stereocenters. The Balaban J connectivity index is 2.12. The van der Waals surface area contributed by atoms with E-state index in [9.17, 15) is 18.0 Å². The summed E-state index contributed by atoms with van der Waals surface area (Å²) in [5.41, 5.74) is 0.0211. The SMILES string of the molecule is COC(=O)c1ccc(N2CC(CS(=O)(=O)Cl)CC2=O)nn1. The van der Waals surface area contributed by atoms with E-state index in [2.05, 4.69) is 14.9 Å². The van der Waals surface area contributed by atoms with Gasteiger partial charge in [0, 0.05) is 29.6 Å². The lowest BCUT2D eigenvalue weighted by Gasteiger charge is -2.14. The number of hydrogen-bond donors (Lipinski definition) is 0. The summed E-state index contributed by atoms with van der Waals surface area (Å²) in [6.07, 6.45) is 0.0758. The highest BCUT2D eigenvalue weighted by molar-refractivity contribution is 8.13. The molecule has 0 aliphatic carbocycles. The molecule has 1 saturated heterocycles. The van der Waals surface area contributed by atoms with Crippen molar-refractivity contribution in [3.8, 4) is 0 Å². The van der Waals surface area contributed by atoms with Crippen LogP contribution in [0.3, 0.4) is 0 Å². The van der Waals surface area contributed by atoms with Gasteiger partial charge in [-0.25, -0.2) is 13.2 Å². The van der Waals surface area contributed by atoms with E-state index in [1.54, 1.807) is 0 Å². The van der Waals surface area contributed by atoms with Crippen molar-refractivity contribution in [2.24, 2.45) is 5.92 Å². The van der Waals surface area contributed by atoms with Gasteiger partial charge in [0.1, 0.15) is 0 Å². The molecule has 8 nitrogen and oxygen atoms in total. The van der Waals surface area contributed by atoms with Gasteiger partial charge < -0.3 is 4.74 Å². The molecule has 0 radical (unpaired) electrons. The maximum atomic E-state index is 11.9. The van der Waals surface area contributed by atoms with Crippen LogP contribution in [0.4, 0.5) is 5.82 Å². The number of amides is 1. The fraction of sp³-hybridized carbons (Fsp3) is 0.455. The maximum Gasteiger partial charge on any atom is 0.358 e. The highest BCUT2D eigenvalue weighted by Gasteiger charge is 2.34. The molecule has 0 spiro atoms. The number of carbonyl (C=O) groups excluding carboxylic acids is 2. The number of anilines is 1. The third kappa shape index (κ3) is 3.88. The van der Waals surface area contributed by atoms with E-state index in [0.29, 0.717) is 0 Å². The van der Waals surface area contributed by atoms with Gasteiger partial charge in [0.15, 0.2) is 11.5 Å². The second-order valence-electron chi connectivity index (χ2n) is 4.55. The third-order valence-corrected chi connectivity index (χ3v) is 4.21. The van der Waals surface area contributed by atoms with Crippen molar-refractivity contribution in [3.05, 3.63) is 17.8 Å². The lowest BCUT2D eigenvalue weighted by molar-refractivity contribution is -0.117. The van der Waals surface area contributed by atoms with Gasteiger partial charge in [-0.15, -0.1) is 10.2 Å². The molecule has 1 aliphatic heterocycles. The highest BCUT2D eigenvalue weighted by Crippen LogP contribution is 2.25. The molecule has 21 heavy (non-hydrogen) atoms. The Labute approximate surface area is 125 Å². The Kier molecular flexibility index (Phi) is 4.43. The zero-order chi connectivity index (χ0) is 15.6. The lowest BCUT2D eigenvalue weighted by Crippen LogP contribution is -2.26. The van der Waals surface area contributed by atoms with Gasteiger partial charge in [-0.1, -0.05) is 0 Å².